The molecule has 0 spiro atoms. The van der Waals surface area contributed by atoms with E-state index < -0.39 is 10.8 Å². The minimum atomic E-state index is -0.585. The number of halogens is 1. The lowest BCUT2D eigenvalue weighted by atomic mass is 10.3. The maximum atomic E-state index is 11.0. The average Bonchev–Trinajstić information content (AvgIpc) is 2.17. The minimum Gasteiger partial charge on any atom is -1.00 e. The van der Waals surface area contributed by atoms with Crippen molar-refractivity contribution in [3.8, 4) is 0 Å². The summed E-state index contributed by atoms with van der Waals surface area (Å²) < 4.78 is 1.50. The van der Waals surface area contributed by atoms with Gasteiger partial charge >= 0.3 is 11.6 Å². The van der Waals surface area contributed by atoms with Crippen LogP contribution >= 0.6 is 0 Å². The second-order valence-corrected chi connectivity index (χ2v) is 3.09. The van der Waals surface area contributed by atoms with Crippen LogP contribution < -0.4 is 34.3 Å². The van der Waals surface area contributed by atoms with E-state index in [9.17, 15) is 14.9 Å². The molecule has 0 bridgehead atoms. The van der Waals surface area contributed by atoms with Crippen LogP contribution in [-0.4, -0.2) is 10.8 Å². The number of pyridine rings is 1. The molecule has 1 aromatic rings. The van der Waals surface area contributed by atoms with Crippen LogP contribution in [0.25, 0.3) is 0 Å². The second kappa shape index (κ2) is 6.36. The first-order valence-corrected chi connectivity index (χ1v) is 4.54. The highest BCUT2D eigenvalue weighted by molar-refractivity contribution is 5.89. The zero-order valence-corrected chi connectivity index (χ0v) is 10.9. The van der Waals surface area contributed by atoms with Gasteiger partial charge in [-0.05, 0) is 0 Å². The Bertz CT molecular complexity index is 409. The number of rotatable bonds is 4. The van der Waals surface area contributed by atoms with E-state index in [1.807, 2.05) is 6.92 Å². The normalized spacial score (nSPS) is 9.31. The van der Waals surface area contributed by atoms with E-state index in [1.54, 1.807) is 0 Å². The molecule has 0 aliphatic rings. The number of hydrogen-bond donors (Lipinski definition) is 1. The molecule has 6 nitrogen and oxygen atoms in total. The summed E-state index contributed by atoms with van der Waals surface area (Å²) in [6, 6.07) is 2.64. The molecule has 0 saturated carbocycles. The number of primary amides is 1. The van der Waals surface area contributed by atoms with E-state index >= 15 is 0 Å². The minimum absolute atomic E-state index is 0. The number of nitrogens with zero attached hydrogens (tertiary/aromatic N) is 2. The standard InChI is InChI=1S/C9H11N3O3.HI/c1-2-5-11-6-7(12(14)15)3-4-8(11)9(10)13;/h3-4,6H,2,5H2,1H3,(H-,10,13);1H. The van der Waals surface area contributed by atoms with Gasteiger partial charge in [0.15, 0.2) is 0 Å². The van der Waals surface area contributed by atoms with Crippen LogP contribution in [0.2, 0.25) is 0 Å². The number of hydrogen-bond acceptors (Lipinski definition) is 3. The molecular weight excluding hydrogens is 325 g/mol. The molecule has 16 heavy (non-hydrogen) atoms. The van der Waals surface area contributed by atoms with Gasteiger partial charge in [-0.15, -0.1) is 0 Å². The first-order valence-electron chi connectivity index (χ1n) is 4.54. The molecule has 1 aromatic heterocycles. The third-order valence-corrected chi connectivity index (χ3v) is 1.94. The molecule has 0 aromatic carbocycles. The Hall–Kier alpha value is -1.25. The molecule has 0 aliphatic heterocycles. The Kier molecular flexibility index (Phi) is 5.86. The van der Waals surface area contributed by atoms with Gasteiger partial charge in [-0.2, -0.15) is 4.57 Å². The van der Waals surface area contributed by atoms with E-state index in [-0.39, 0.29) is 35.4 Å². The number of aryl methyl sites for hydroxylation is 1. The molecule has 0 unspecified atom stereocenters. The molecule has 88 valence electrons. The van der Waals surface area contributed by atoms with E-state index in [1.165, 1.54) is 22.9 Å². The molecule has 0 radical (unpaired) electrons. The summed E-state index contributed by atoms with van der Waals surface area (Å²) in [7, 11) is 0. The van der Waals surface area contributed by atoms with Crippen LogP contribution in [0, 0.1) is 10.1 Å². The molecule has 1 heterocycles. The zero-order valence-electron chi connectivity index (χ0n) is 8.72. The van der Waals surface area contributed by atoms with Crippen molar-refractivity contribution in [1.29, 1.82) is 0 Å². The van der Waals surface area contributed by atoms with Gasteiger partial charge in [0.05, 0.1) is 4.92 Å². The lowest BCUT2D eigenvalue weighted by molar-refractivity contribution is -0.701. The van der Waals surface area contributed by atoms with E-state index in [2.05, 4.69) is 0 Å². The second-order valence-electron chi connectivity index (χ2n) is 3.09. The van der Waals surface area contributed by atoms with Crippen molar-refractivity contribution in [2.24, 2.45) is 5.73 Å². The van der Waals surface area contributed by atoms with Gasteiger partial charge in [0.25, 0.3) is 5.69 Å². The first-order chi connectivity index (χ1) is 7.06. The molecule has 1 rings (SSSR count). The van der Waals surface area contributed by atoms with Crippen LogP contribution in [-0.2, 0) is 6.54 Å². The van der Waals surface area contributed by atoms with Crippen LogP contribution in [0.3, 0.4) is 0 Å². The van der Waals surface area contributed by atoms with Crippen molar-refractivity contribution >= 4 is 11.6 Å². The summed E-state index contributed by atoms with van der Waals surface area (Å²) in [5.74, 6) is -0.585. The van der Waals surface area contributed by atoms with Gasteiger partial charge in [-0.25, -0.2) is 0 Å². The third-order valence-electron chi connectivity index (χ3n) is 1.94. The predicted molar refractivity (Wildman–Crippen MR) is 52.1 cm³/mol. The molecule has 1 amide bonds. The summed E-state index contributed by atoms with van der Waals surface area (Å²) >= 11 is 0. The lowest BCUT2D eigenvalue weighted by Gasteiger charge is -1.98. The molecule has 2 N–H and O–H groups in total. The maximum absolute atomic E-state index is 11.0. The fourth-order valence-electron chi connectivity index (χ4n) is 1.29. The van der Waals surface area contributed by atoms with Gasteiger partial charge in [-0.3, -0.25) is 14.9 Å². The number of nitro groups is 1. The number of carbonyl (C=O) groups excluding carboxylic acids is 1. The molecule has 0 saturated heterocycles. The van der Waals surface area contributed by atoms with Crippen molar-refractivity contribution < 1.29 is 38.3 Å². The maximum Gasteiger partial charge on any atom is 0.332 e. The highest BCUT2D eigenvalue weighted by Crippen LogP contribution is 2.07. The third kappa shape index (κ3) is 3.40. The Morgan fingerprint density at radius 3 is 2.62 bits per heavy atom. The highest BCUT2D eigenvalue weighted by atomic mass is 127. The Labute approximate surface area is 110 Å². The molecule has 0 fully saturated rings. The van der Waals surface area contributed by atoms with Crippen molar-refractivity contribution in [3.63, 3.8) is 0 Å². The molecule has 0 aliphatic carbocycles. The fourth-order valence-corrected chi connectivity index (χ4v) is 1.29. The summed E-state index contributed by atoms with van der Waals surface area (Å²) in [4.78, 5) is 21.0. The van der Waals surface area contributed by atoms with Crippen LogP contribution in [0.4, 0.5) is 5.69 Å². The van der Waals surface area contributed by atoms with Gasteiger partial charge < -0.3 is 29.7 Å². The Morgan fingerprint density at radius 2 is 2.19 bits per heavy atom. The van der Waals surface area contributed by atoms with Crippen LogP contribution in [0.15, 0.2) is 18.3 Å². The van der Waals surface area contributed by atoms with E-state index in [0.717, 1.165) is 6.42 Å². The fraction of sp³-hybridized carbons (Fsp3) is 0.333. The summed E-state index contributed by atoms with van der Waals surface area (Å²) in [6.45, 7) is 2.44. The number of nitrogens with two attached hydrogens (primary N) is 1. The van der Waals surface area contributed by atoms with Crippen LogP contribution in [0.5, 0.6) is 0 Å². The number of amides is 1. The van der Waals surface area contributed by atoms with E-state index in [0.29, 0.717) is 6.54 Å². The summed E-state index contributed by atoms with van der Waals surface area (Å²) in [6.07, 6.45) is 2.09. The number of carbonyl (C=O) groups is 1. The predicted octanol–water partition coefficient (Wildman–Crippen LogP) is -2.60. The number of aromatic nitrogens is 1. The van der Waals surface area contributed by atoms with Crippen molar-refractivity contribution in [2.45, 2.75) is 19.9 Å². The summed E-state index contributed by atoms with van der Waals surface area (Å²) in [5.41, 5.74) is 5.37. The van der Waals surface area contributed by atoms with Gasteiger partial charge in [0, 0.05) is 18.6 Å². The largest absolute Gasteiger partial charge is 1.00 e. The molecule has 0 atom stereocenters. The van der Waals surface area contributed by atoms with Crippen LogP contribution in [0.1, 0.15) is 23.8 Å². The summed E-state index contributed by atoms with van der Waals surface area (Å²) in [5, 5.41) is 10.5. The quantitative estimate of drug-likeness (QED) is 0.283. The highest BCUT2D eigenvalue weighted by Gasteiger charge is 2.20. The smallest absolute Gasteiger partial charge is 0.332 e. The van der Waals surface area contributed by atoms with Crippen molar-refractivity contribution in [3.05, 3.63) is 34.1 Å². The zero-order chi connectivity index (χ0) is 11.4. The first kappa shape index (κ1) is 14.8. The Morgan fingerprint density at radius 1 is 1.56 bits per heavy atom. The van der Waals surface area contributed by atoms with Gasteiger partial charge in [0.1, 0.15) is 6.54 Å². The Balaban J connectivity index is 0.00000225. The average molecular weight is 337 g/mol. The van der Waals surface area contributed by atoms with Crippen molar-refractivity contribution in [1.82, 2.24) is 0 Å². The van der Waals surface area contributed by atoms with Crippen molar-refractivity contribution in [2.75, 3.05) is 0 Å². The van der Waals surface area contributed by atoms with Gasteiger partial charge in [0.2, 0.25) is 6.20 Å². The SMILES string of the molecule is CCC[n+]1cc([N+](=O)[O-])ccc1C(N)=O.[I-]. The molecular formula is C9H12IN3O3. The van der Waals surface area contributed by atoms with Gasteiger partial charge in [-0.1, -0.05) is 6.92 Å². The topological polar surface area (TPSA) is 90.1 Å². The lowest BCUT2D eigenvalue weighted by Crippen LogP contribution is -3.00. The monoisotopic (exact) mass is 337 g/mol. The van der Waals surface area contributed by atoms with E-state index in [4.69, 9.17) is 5.73 Å². The molecule has 7 heteroatoms.